The molecule has 1 aromatic rings. The van der Waals surface area contributed by atoms with Crippen molar-refractivity contribution in [2.75, 3.05) is 7.11 Å². The van der Waals surface area contributed by atoms with E-state index in [1.807, 2.05) is 0 Å². The lowest BCUT2D eigenvalue weighted by Gasteiger charge is -2.09. The van der Waals surface area contributed by atoms with Gasteiger partial charge in [0, 0.05) is 12.7 Å². The van der Waals surface area contributed by atoms with Gasteiger partial charge < -0.3 is 14.6 Å². The average Bonchev–Trinajstić information content (AvgIpc) is 2.20. The minimum Gasteiger partial charge on any atom is -0.410 e. The number of hydrogen-bond donors (Lipinski definition) is 2. The van der Waals surface area contributed by atoms with Gasteiger partial charge in [-0.25, -0.2) is 0 Å². The van der Waals surface area contributed by atoms with Crippen molar-refractivity contribution < 1.29 is 19.2 Å². The zero-order chi connectivity index (χ0) is 10.6. The first-order valence-corrected chi connectivity index (χ1v) is 5.36. The lowest BCUT2D eigenvalue weighted by molar-refractivity contribution is 0.309. The van der Waals surface area contributed by atoms with E-state index in [2.05, 4.69) is 9.68 Å². The van der Waals surface area contributed by atoms with Crippen molar-refractivity contribution >= 4 is 13.0 Å². The van der Waals surface area contributed by atoms with Crippen molar-refractivity contribution in [2.45, 2.75) is 0 Å². The van der Waals surface area contributed by atoms with Gasteiger partial charge in [0.15, 0.2) is 5.45 Å². The molecule has 6 heteroatoms. The third-order valence-corrected chi connectivity index (χ3v) is 3.02. The average molecular weight is 215 g/mol. The maximum absolute atomic E-state index is 11.4. The number of rotatable bonds is 3. The molecule has 0 aromatic heterocycles. The van der Waals surface area contributed by atoms with Gasteiger partial charge >= 0.3 is 7.60 Å². The molecule has 0 aliphatic rings. The Labute approximate surface area is 81.2 Å². The molecule has 1 rings (SSSR count). The van der Waals surface area contributed by atoms with Gasteiger partial charge in [-0.1, -0.05) is 35.5 Å². The molecule has 0 aliphatic heterocycles. The SMILES string of the molecule is COP(=O)(O)/C(=N/O)c1ccccc1. The van der Waals surface area contributed by atoms with Gasteiger partial charge in [-0.15, -0.1) is 0 Å². The number of hydrogen-bond acceptors (Lipinski definition) is 4. The molecular formula is C8H10NO4P. The molecule has 1 aromatic carbocycles. The second-order valence-electron chi connectivity index (χ2n) is 2.49. The molecule has 2 N–H and O–H groups in total. The highest BCUT2D eigenvalue weighted by molar-refractivity contribution is 7.72. The Kier molecular flexibility index (Phi) is 3.41. The van der Waals surface area contributed by atoms with Crippen LogP contribution in [0.4, 0.5) is 0 Å². The van der Waals surface area contributed by atoms with E-state index in [-0.39, 0.29) is 5.45 Å². The molecule has 0 heterocycles. The number of nitrogens with zero attached hydrogens (tertiary/aromatic N) is 1. The van der Waals surface area contributed by atoms with Crippen LogP contribution < -0.4 is 0 Å². The molecule has 0 bridgehead atoms. The van der Waals surface area contributed by atoms with E-state index in [1.165, 1.54) is 0 Å². The van der Waals surface area contributed by atoms with Crippen LogP contribution in [-0.2, 0) is 9.09 Å². The normalized spacial score (nSPS) is 16.3. The largest absolute Gasteiger partial charge is 0.410 e. The fourth-order valence-electron chi connectivity index (χ4n) is 0.951. The highest BCUT2D eigenvalue weighted by atomic mass is 31.2. The second kappa shape index (κ2) is 4.37. The van der Waals surface area contributed by atoms with Crippen LogP contribution in [-0.4, -0.2) is 22.7 Å². The number of benzene rings is 1. The first-order valence-electron chi connectivity index (χ1n) is 3.78. The van der Waals surface area contributed by atoms with E-state index < -0.39 is 7.60 Å². The van der Waals surface area contributed by atoms with Crippen LogP contribution in [0.3, 0.4) is 0 Å². The van der Waals surface area contributed by atoms with Crippen LogP contribution in [0.1, 0.15) is 5.56 Å². The van der Waals surface area contributed by atoms with Crippen LogP contribution >= 0.6 is 7.60 Å². The van der Waals surface area contributed by atoms with Gasteiger partial charge in [0.2, 0.25) is 0 Å². The van der Waals surface area contributed by atoms with Crippen molar-refractivity contribution in [3.63, 3.8) is 0 Å². The van der Waals surface area contributed by atoms with Crippen LogP contribution in [0.25, 0.3) is 0 Å². The van der Waals surface area contributed by atoms with Gasteiger partial charge in [0.05, 0.1) is 0 Å². The summed E-state index contributed by atoms with van der Waals surface area (Å²) in [6.07, 6.45) is 0. The van der Waals surface area contributed by atoms with Crippen molar-refractivity contribution in [3.8, 4) is 0 Å². The quantitative estimate of drug-likeness (QED) is 0.348. The fourth-order valence-corrected chi connectivity index (χ4v) is 1.71. The first kappa shape index (κ1) is 10.9. The summed E-state index contributed by atoms with van der Waals surface area (Å²) in [5.74, 6) is 0. The molecule has 0 amide bonds. The Bertz CT molecular complexity index is 376. The molecule has 0 spiro atoms. The Morgan fingerprint density at radius 3 is 2.43 bits per heavy atom. The molecule has 1 unspecified atom stereocenters. The van der Waals surface area contributed by atoms with E-state index in [0.717, 1.165) is 7.11 Å². The van der Waals surface area contributed by atoms with Gasteiger partial charge in [-0.2, -0.15) is 0 Å². The molecule has 0 fully saturated rings. The van der Waals surface area contributed by atoms with E-state index in [4.69, 9.17) is 5.21 Å². The Hall–Kier alpha value is -1.16. The topological polar surface area (TPSA) is 79.1 Å². The highest BCUT2D eigenvalue weighted by Gasteiger charge is 2.28. The smallest absolute Gasteiger partial charge is 0.380 e. The molecule has 76 valence electrons. The molecule has 0 aliphatic carbocycles. The van der Waals surface area contributed by atoms with Crippen LogP contribution in [0.2, 0.25) is 0 Å². The lowest BCUT2D eigenvalue weighted by atomic mass is 10.2. The van der Waals surface area contributed by atoms with Gasteiger partial charge in [-0.3, -0.25) is 4.57 Å². The lowest BCUT2D eigenvalue weighted by Crippen LogP contribution is -2.03. The predicted molar refractivity (Wildman–Crippen MR) is 51.6 cm³/mol. The van der Waals surface area contributed by atoms with E-state index in [9.17, 15) is 9.46 Å². The molecule has 0 saturated heterocycles. The van der Waals surface area contributed by atoms with Crippen LogP contribution in [0, 0.1) is 0 Å². The van der Waals surface area contributed by atoms with Gasteiger partial charge in [-0.05, 0) is 0 Å². The Balaban J connectivity index is 3.14. The summed E-state index contributed by atoms with van der Waals surface area (Å²) < 4.78 is 15.7. The van der Waals surface area contributed by atoms with Crippen molar-refractivity contribution in [1.29, 1.82) is 0 Å². The Morgan fingerprint density at radius 1 is 1.43 bits per heavy atom. The summed E-state index contributed by atoms with van der Waals surface area (Å²) in [6.45, 7) is 0. The third-order valence-electron chi connectivity index (χ3n) is 1.64. The summed E-state index contributed by atoms with van der Waals surface area (Å²) in [4.78, 5) is 9.28. The van der Waals surface area contributed by atoms with Crippen LogP contribution in [0.15, 0.2) is 35.5 Å². The van der Waals surface area contributed by atoms with Crippen LogP contribution in [0.5, 0.6) is 0 Å². The molecular weight excluding hydrogens is 205 g/mol. The first-order chi connectivity index (χ1) is 6.61. The summed E-state index contributed by atoms with van der Waals surface area (Å²) in [7, 11) is -2.93. The molecule has 0 saturated carbocycles. The van der Waals surface area contributed by atoms with Crippen molar-refractivity contribution in [2.24, 2.45) is 5.16 Å². The minimum absolute atomic E-state index is 0.350. The van der Waals surface area contributed by atoms with Crippen molar-refractivity contribution in [1.82, 2.24) is 0 Å². The molecule has 1 atom stereocenters. The fraction of sp³-hybridized carbons (Fsp3) is 0.125. The Morgan fingerprint density at radius 2 is 2.00 bits per heavy atom. The number of oxime groups is 1. The van der Waals surface area contributed by atoms with Gasteiger partial charge in [0.25, 0.3) is 0 Å². The predicted octanol–water partition coefficient (Wildman–Crippen LogP) is 1.65. The molecule has 14 heavy (non-hydrogen) atoms. The minimum atomic E-state index is -4.01. The zero-order valence-electron chi connectivity index (χ0n) is 7.49. The van der Waals surface area contributed by atoms with Gasteiger partial charge in [0.1, 0.15) is 0 Å². The summed E-state index contributed by atoms with van der Waals surface area (Å²) in [5.41, 5.74) is -0.0108. The van der Waals surface area contributed by atoms with E-state index in [1.54, 1.807) is 30.3 Å². The van der Waals surface area contributed by atoms with E-state index in [0.29, 0.717) is 5.56 Å². The third kappa shape index (κ3) is 2.20. The standard InChI is InChI=1S/C8H10NO4P/c1-13-14(11,12)8(9-10)7-5-3-2-4-6-7/h2-6,10H,1H3,(H,11,12)/b9-8+. The zero-order valence-corrected chi connectivity index (χ0v) is 8.39. The second-order valence-corrected chi connectivity index (χ2v) is 4.32. The highest BCUT2D eigenvalue weighted by Crippen LogP contribution is 2.44. The van der Waals surface area contributed by atoms with Crippen molar-refractivity contribution in [3.05, 3.63) is 35.9 Å². The maximum atomic E-state index is 11.4. The summed E-state index contributed by atoms with van der Waals surface area (Å²) >= 11 is 0. The summed E-state index contributed by atoms with van der Waals surface area (Å²) in [6, 6.07) is 8.17. The molecule has 5 nitrogen and oxygen atoms in total. The van der Waals surface area contributed by atoms with E-state index >= 15 is 0 Å². The monoisotopic (exact) mass is 215 g/mol. The summed E-state index contributed by atoms with van der Waals surface area (Å²) in [5, 5.41) is 11.4. The maximum Gasteiger partial charge on any atom is 0.380 e. The molecule has 0 radical (unpaired) electrons.